The number of aryl methyl sites for hydroxylation is 1. The maximum absolute atomic E-state index is 15.8. The molecule has 1 fully saturated rings. The van der Waals surface area contributed by atoms with Crippen LogP contribution < -0.4 is 9.47 Å². The van der Waals surface area contributed by atoms with Gasteiger partial charge >= 0.3 is 11.9 Å². The minimum absolute atomic E-state index is 0.00598. The minimum atomic E-state index is -2.14. The Hall–Kier alpha value is -2.89. The van der Waals surface area contributed by atoms with Crippen LogP contribution in [0, 0.1) is 11.8 Å². The molecule has 1 aliphatic carbocycles. The first kappa shape index (κ1) is 31.6. The number of carbonyl (C=O) groups is 2. The highest BCUT2D eigenvalue weighted by atomic mass is 19.1. The van der Waals surface area contributed by atoms with E-state index in [-0.39, 0.29) is 18.3 Å². The van der Waals surface area contributed by atoms with Gasteiger partial charge in [-0.15, -0.1) is 0 Å². The number of carbonyl (C=O) groups excluding carboxylic acids is 1. The molecule has 0 heterocycles. The molecule has 1 N–H and O–H groups in total. The summed E-state index contributed by atoms with van der Waals surface area (Å²) in [5.74, 6) is -0.919. The zero-order valence-electron chi connectivity index (χ0n) is 24.3. The van der Waals surface area contributed by atoms with E-state index in [0.29, 0.717) is 43.6 Å². The topological polar surface area (TPSA) is 72.8 Å². The number of carboxylic acid groups (broad SMARTS) is 1. The Morgan fingerprint density at radius 2 is 1.57 bits per heavy atom. The van der Waals surface area contributed by atoms with E-state index in [9.17, 15) is 14.7 Å². The van der Waals surface area contributed by atoms with Gasteiger partial charge in [0.2, 0.25) is 5.67 Å². The largest absolute Gasteiger partial charge is 0.494 e. The summed E-state index contributed by atoms with van der Waals surface area (Å²) in [6.07, 6.45) is 12.4. The molecule has 1 aliphatic rings. The lowest BCUT2D eigenvalue weighted by Gasteiger charge is -2.35. The molecule has 0 spiro atoms. The van der Waals surface area contributed by atoms with Crippen LogP contribution in [0.15, 0.2) is 48.5 Å². The zero-order chi connectivity index (χ0) is 28.8. The fourth-order valence-corrected chi connectivity index (χ4v) is 5.70. The molecule has 0 aromatic heterocycles. The van der Waals surface area contributed by atoms with Crippen molar-refractivity contribution in [2.45, 2.75) is 109 Å². The predicted molar refractivity (Wildman–Crippen MR) is 157 cm³/mol. The number of aliphatic carboxylic acids is 1. The van der Waals surface area contributed by atoms with Crippen molar-refractivity contribution < 1.29 is 28.6 Å². The molecule has 6 heteroatoms. The first-order valence-electron chi connectivity index (χ1n) is 15.3. The van der Waals surface area contributed by atoms with Crippen molar-refractivity contribution in [3.05, 3.63) is 59.7 Å². The van der Waals surface area contributed by atoms with Crippen LogP contribution in [0.4, 0.5) is 4.39 Å². The van der Waals surface area contributed by atoms with Crippen LogP contribution in [-0.4, -0.2) is 29.3 Å². The molecule has 1 unspecified atom stereocenters. The van der Waals surface area contributed by atoms with Gasteiger partial charge in [0.15, 0.2) is 0 Å². The van der Waals surface area contributed by atoms with E-state index in [1.54, 1.807) is 36.4 Å². The number of rotatable bonds is 17. The summed E-state index contributed by atoms with van der Waals surface area (Å²) < 4.78 is 27.1. The summed E-state index contributed by atoms with van der Waals surface area (Å²) >= 11 is 0. The lowest BCUT2D eigenvalue weighted by atomic mass is 9.73. The van der Waals surface area contributed by atoms with E-state index in [1.165, 1.54) is 25.7 Å². The Labute approximate surface area is 239 Å². The highest BCUT2D eigenvalue weighted by Gasteiger charge is 2.47. The van der Waals surface area contributed by atoms with Gasteiger partial charge in [0.1, 0.15) is 11.5 Å². The van der Waals surface area contributed by atoms with Crippen molar-refractivity contribution in [2.24, 2.45) is 11.8 Å². The van der Waals surface area contributed by atoms with Crippen LogP contribution in [-0.2, 0) is 11.2 Å². The average molecular weight is 555 g/mol. The molecular formula is C34H47FO5. The molecule has 3 rings (SSSR count). The first-order chi connectivity index (χ1) is 19.4. The third-order valence-corrected chi connectivity index (χ3v) is 8.35. The van der Waals surface area contributed by atoms with Crippen LogP contribution in [0.2, 0.25) is 0 Å². The molecule has 0 radical (unpaired) electrons. The van der Waals surface area contributed by atoms with Gasteiger partial charge in [0.25, 0.3) is 0 Å². The summed E-state index contributed by atoms with van der Waals surface area (Å²) in [4.78, 5) is 24.5. The van der Waals surface area contributed by atoms with Crippen molar-refractivity contribution in [1.82, 2.24) is 0 Å². The summed E-state index contributed by atoms with van der Waals surface area (Å²) in [5.41, 5.74) is -0.638. The van der Waals surface area contributed by atoms with Crippen molar-refractivity contribution in [3.63, 3.8) is 0 Å². The second-order valence-electron chi connectivity index (χ2n) is 11.3. The lowest BCUT2D eigenvalue weighted by molar-refractivity contribution is -0.158. The monoisotopic (exact) mass is 554 g/mol. The van der Waals surface area contributed by atoms with Crippen molar-refractivity contribution in [2.75, 3.05) is 6.61 Å². The number of halogens is 1. The molecule has 2 atom stereocenters. The molecule has 40 heavy (non-hydrogen) atoms. The van der Waals surface area contributed by atoms with Crippen LogP contribution in [0.5, 0.6) is 11.5 Å². The fourth-order valence-electron chi connectivity index (χ4n) is 5.70. The molecule has 1 saturated carbocycles. The second kappa shape index (κ2) is 16.4. The number of alkyl halides is 1. The number of carboxylic acids is 1. The summed E-state index contributed by atoms with van der Waals surface area (Å²) in [5, 5.41) is 9.76. The van der Waals surface area contributed by atoms with E-state index < -0.39 is 17.6 Å². The van der Waals surface area contributed by atoms with Gasteiger partial charge in [-0.05, 0) is 86.4 Å². The van der Waals surface area contributed by atoms with E-state index in [0.717, 1.165) is 43.4 Å². The molecule has 220 valence electrons. The average Bonchev–Trinajstić information content (AvgIpc) is 2.98. The van der Waals surface area contributed by atoms with Gasteiger partial charge in [0, 0.05) is 5.92 Å². The highest BCUT2D eigenvalue weighted by Crippen LogP contribution is 2.41. The molecule has 2 aromatic carbocycles. The molecule has 0 aliphatic heterocycles. The van der Waals surface area contributed by atoms with Gasteiger partial charge < -0.3 is 14.6 Å². The third kappa shape index (κ3) is 9.64. The van der Waals surface area contributed by atoms with Crippen molar-refractivity contribution >= 4 is 11.9 Å². The smallest absolute Gasteiger partial charge is 0.343 e. The Balaban J connectivity index is 1.46. The summed E-state index contributed by atoms with van der Waals surface area (Å²) in [6, 6.07) is 14.4. The fraction of sp³-hybridized carbons (Fsp3) is 0.588. The molecule has 2 aromatic rings. The molecule has 0 amide bonds. The first-order valence-corrected chi connectivity index (χ1v) is 15.3. The Bertz CT molecular complexity index is 1030. The third-order valence-electron chi connectivity index (χ3n) is 8.35. The molecular weight excluding hydrogens is 507 g/mol. The quantitative estimate of drug-likeness (QED) is 0.120. The standard InChI is InChI=1S/C34H47FO5/c1-3-5-6-7-11-24-39-30-22-18-28(19-23-30)32(36)40-31-20-16-27(17-21-31)15-14-26(4-2)25-34(35,33(37)38)29-12-9-8-10-13-29/h16-23,26,29H,3-15,24-25H2,1-2H3,(H,37,38)/t26?,34-/m0/s1. The van der Waals surface area contributed by atoms with Gasteiger partial charge in [-0.2, -0.15) is 0 Å². The van der Waals surface area contributed by atoms with Gasteiger partial charge in [0.05, 0.1) is 12.2 Å². The Morgan fingerprint density at radius 1 is 0.925 bits per heavy atom. The highest BCUT2D eigenvalue weighted by molar-refractivity contribution is 5.91. The van der Waals surface area contributed by atoms with E-state index in [4.69, 9.17) is 9.47 Å². The van der Waals surface area contributed by atoms with E-state index >= 15 is 4.39 Å². The molecule has 0 bridgehead atoms. The second-order valence-corrected chi connectivity index (χ2v) is 11.3. The van der Waals surface area contributed by atoms with Gasteiger partial charge in [-0.3, -0.25) is 0 Å². The van der Waals surface area contributed by atoms with E-state index in [1.807, 2.05) is 19.1 Å². The van der Waals surface area contributed by atoms with Crippen molar-refractivity contribution in [3.8, 4) is 11.5 Å². The Morgan fingerprint density at radius 3 is 2.20 bits per heavy atom. The van der Waals surface area contributed by atoms with Crippen LogP contribution in [0.3, 0.4) is 0 Å². The zero-order valence-corrected chi connectivity index (χ0v) is 24.3. The van der Waals surface area contributed by atoms with Crippen LogP contribution in [0.1, 0.15) is 113 Å². The van der Waals surface area contributed by atoms with Crippen molar-refractivity contribution in [1.29, 1.82) is 0 Å². The van der Waals surface area contributed by atoms with Crippen LogP contribution >= 0.6 is 0 Å². The summed E-state index contributed by atoms with van der Waals surface area (Å²) in [6.45, 7) is 4.88. The minimum Gasteiger partial charge on any atom is -0.494 e. The number of hydrogen-bond acceptors (Lipinski definition) is 4. The molecule has 0 saturated heterocycles. The predicted octanol–water partition coefficient (Wildman–Crippen LogP) is 8.98. The molecule has 5 nitrogen and oxygen atoms in total. The lowest BCUT2D eigenvalue weighted by Crippen LogP contribution is -2.44. The maximum atomic E-state index is 15.8. The number of esters is 1. The Kier molecular flexibility index (Phi) is 13.0. The summed E-state index contributed by atoms with van der Waals surface area (Å²) in [7, 11) is 0. The maximum Gasteiger partial charge on any atom is 0.343 e. The number of unbranched alkanes of at least 4 members (excludes halogenated alkanes) is 4. The number of hydrogen-bond donors (Lipinski definition) is 1. The van der Waals surface area contributed by atoms with Gasteiger partial charge in [-0.1, -0.05) is 77.3 Å². The van der Waals surface area contributed by atoms with Gasteiger partial charge in [-0.25, -0.2) is 14.0 Å². The number of ether oxygens (including phenoxy) is 2. The van der Waals surface area contributed by atoms with Crippen LogP contribution in [0.25, 0.3) is 0 Å². The SMILES string of the molecule is CCCCCCCOc1ccc(C(=O)Oc2ccc(CCC(CC)C[C@@](F)(C(=O)O)C3CCCCC3)cc2)cc1. The normalized spacial score (nSPS) is 16.2. The number of benzene rings is 2. The van der Waals surface area contributed by atoms with E-state index in [2.05, 4.69) is 6.92 Å².